The van der Waals surface area contributed by atoms with E-state index in [2.05, 4.69) is 6.92 Å². The van der Waals surface area contributed by atoms with Crippen LogP contribution >= 0.6 is 0 Å². The van der Waals surface area contributed by atoms with E-state index in [1.54, 1.807) is 34.3 Å². The number of hydrogen-bond donors (Lipinski definition) is 2. The number of para-hydroxylation sites is 1. The molecule has 0 amide bonds. The largest absolute Gasteiger partial charge is 0.423 e. The first-order valence-corrected chi connectivity index (χ1v) is 5.17. The van der Waals surface area contributed by atoms with E-state index >= 15 is 0 Å². The molecule has 1 atom stereocenters. The van der Waals surface area contributed by atoms with E-state index in [1.165, 1.54) is 0 Å². The molecule has 16 heavy (non-hydrogen) atoms. The van der Waals surface area contributed by atoms with Gasteiger partial charge in [0.2, 0.25) is 5.60 Å². The molecule has 1 aromatic carbocycles. The summed E-state index contributed by atoms with van der Waals surface area (Å²) in [7, 11) is 1.55. The minimum atomic E-state index is -1.17. The Labute approximate surface area is 97.9 Å². The quantitative estimate of drug-likeness (QED) is 0.449. The molecule has 3 nitrogen and oxygen atoms in total. The van der Waals surface area contributed by atoms with Crippen molar-refractivity contribution >= 4 is 18.6 Å². The van der Waals surface area contributed by atoms with Crippen molar-refractivity contribution in [3.05, 3.63) is 31.2 Å². The number of hydrogen-bond acceptors (Lipinski definition) is 3. The number of nitrogens with two attached hydrogens (primary N) is 1. The van der Waals surface area contributed by atoms with Crippen molar-refractivity contribution < 1.29 is 9.76 Å². The summed E-state index contributed by atoms with van der Waals surface area (Å²) in [5, 5.41) is 9.81. The Kier molecular flexibility index (Phi) is 3.56. The zero-order valence-corrected chi connectivity index (χ0v) is 10.0. The van der Waals surface area contributed by atoms with Gasteiger partial charge in [-0.1, -0.05) is 18.2 Å². The first kappa shape index (κ1) is 12.9. The van der Waals surface area contributed by atoms with Gasteiger partial charge in [0.05, 0.1) is 6.92 Å². The normalized spacial score (nSPS) is 15.5. The predicted molar refractivity (Wildman–Crippen MR) is 67.4 cm³/mol. The van der Waals surface area contributed by atoms with E-state index in [-0.39, 0.29) is 0 Å². The number of rotatable bonds is 4. The van der Waals surface area contributed by atoms with Gasteiger partial charge < -0.3 is 15.5 Å². The van der Waals surface area contributed by atoms with Crippen LogP contribution in [0.5, 0.6) is 0 Å². The van der Waals surface area contributed by atoms with Gasteiger partial charge in [0.25, 0.3) is 0 Å². The third-order valence-electron chi connectivity index (χ3n) is 2.77. The Morgan fingerprint density at radius 2 is 1.88 bits per heavy atom. The maximum Gasteiger partial charge on any atom is 0.333 e. The molecule has 3 N–H and O–H groups in total. The second kappa shape index (κ2) is 4.40. The summed E-state index contributed by atoms with van der Waals surface area (Å²) in [5.74, 6) is 0. The Bertz CT molecular complexity index is 358. The summed E-state index contributed by atoms with van der Waals surface area (Å²) in [6.45, 7) is 8.81. The molecule has 85 valence electrons. The highest BCUT2D eigenvalue weighted by Crippen LogP contribution is 2.23. The molecular weight excluding hydrogens is 201 g/mol. The summed E-state index contributed by atoms with van der Waals surface area (Å²) in [6.07, 6.45) is 0. The molecule has 0 spiro atoms. The number of nitrogen functional groups attached to an aromatic ring is 1. The highest BCUT2D eigenvalue weighted by atomic mass is 16.5. The van der Waals surface area contributed by atoms with E-state index in [0.29, 0.717) is 5.69 Å². The Morgan fingerprint density at radius 1 is 1.31 bits per heavy atom. The molecule has 1 rings (SSSR count). The SMILES string of the molecule is [CH2+]C(C)(O)C(C)(C)O[B]c1ccccc1N. The van der Waals surface area contributed by atoms with Gasteiger partial charge >= 0.3 is 7.48 Å². The standard InChI is InChI=1S/C12H18BNO2/c1-11(2,15)12(3,4)16-13-9-7-5-6-8-10(9)14/h5-8,15H,1,14H2,2-4H3/q+1. The van der Waals surface area contributed by atoms with Crippen molar-refractivity contribution in [2.45, 2.75) is 32.0 Å². The molecule has 0 aliphatic heterocycles. The van der Waals surface area contributed by atoms with Gasteiger partial charge in [0, 0.05) is 12.6 Å². The molecule has 0 saturated heterocycles. The fraction of sp³-hybridized carbons (Fsp3) is 0.417. The molecular formula is C12H18BNO2+. The van der Waals surface area contributed by atoms with Crippen molar-refractivity contribution in [2.24, 2.45) is 0 Å². The van der Waals surface area contributed by atoms with E-state index in [9.17, 15) is 5.11 Å². The van der Waals surface area contributed by atoms with Gasteiger partial charge in [0.15, 0.2) is 0 Å². The molecule has 0 aliphatic carbocycles. The first-order chi connectivity index (χ1) is 7.24. The summed E-state index contributed by atoms with van der Waals surface area (Å²) in [6, 6.07) is 7.38. The molecule has 1 radical (unpaired) electrons. The van der Waals surface area contributed by atoms with Crippen LogP contribution in [0, 0.1) is 6.92 Å². The minimum absolute atomic E-state index is 0.641. The lowest BCUT2D eigenvalue weighted by atomic mass is 9.82. The fourth-order valence-electron chi connectivity index (χ4n) is 0.956. The Morgan fingerprint density at radius 3 is 2.38 bits per heavy atom. The van der Waals surface area contributed by atoms with E-state index in [1.807, 2.05) is 18.2 Å². The maximum absolute atomic E-state index is 9.81. The van der Waals surface area contributed by atoms with Gasteiger partial charge in [-0.3, -0.25) is 0 Å². The smallest absolute Gasteiger partial charge is 0.333 e. The molecule has 0 saturated carbocycles. The summed E-state index contributed by atoms with van der Waals surface area (Å²) in [4.78, 5) is 0. The molecule has 0 aliphatic rings. The zero-order chi connectivity index (χ0) is 12.4. The van der Waals surface area contributed by atoms with E-state index < -0.39 is 11.2 Å². The Balaban J connectivity index is 2.69. The average Bonchev–Trinajstić information content (AvgIpc) is 2.15. The summed E-state index contributed by atoms with van der Waals surface area (Å²) >= 11 is 0. The van der Waals surface area contributed by atoms with Crippen LogP contribution in [0.4, 0.5) is 5.69 Å². The molecule has 0 fully saturated rings. The number of anilines is 1. The highest BCUT2D eigenvalue weighted by Gasteiger charge is 2.42. The maximum atomic E-state index is 9.81. The molecule has 1 unspecified atom stereocenters. The van der Waals surface area contributed by atoms with Crippen LogP contribution in [0.3, 0.4) is 0 Å². The lowest BCUT2D eigenvalue weighted by molar-refractivity contribution is -0.0711. The van der Waals surface area contributed by atoms with Crippen molar-refractivity contribution in [3.8, 4) is 0 Å². The van der Waals surface area contributed by atoms with E-state index in [0.717, 1.165) is 5.46 Å². The van der Waals surface area contributed by atoms with Gasteiger partial charge in [-0.05, 0) is 25.4 Å². The van der Waals surface area contributed by atoms with Crippen LogP contribution in [-0.4, -0.2) is 23.8 Å². The fourth-order valence-corrected chi connectivity index (χ4v) is 0.956. The first-order valence-electron chi connectivity index (χ1n) is 5.17. The van der Waals surface area contributed by atoms with Gasteiger partial charge in [-0.15, -0.1) is 0 Å². The van der Waals surface area contributed by atoms with Crippen molar-refractivity contribution in [1.82, 2.24) is 0 Å². The van der Waals surface area contributed by atoms with Crippen LogP contribution in [-0.2, 0) is 4.65 Å². The topological polar surface area (TPSA) is 55.5 Å². The Hall–Kier alpha value is -1.13. The summed E-state index contributed by atoms with van der Waals surface area (Å²) in [5.41, 5.74) is 5.25. The molecule has 4 heteroatoms. The highest BCUT2D eigenvalue weighted by molar-refractivity contribution is 6.49. The molecule has 0 heterocycles. The van der Waals surface area contributed by atoms with Crippen LogP contribution in [0.25, 0.3) is 0 Å². The van der Waals surface area contributed by atoms with Crippen LogP contribution < -0.4 is 11.2 Å². The van der Waals surface area contributed by atoms with Crippen molar-refractivity contribution in [1.29, 1.82) is 0 Å². The number of benzene rings is 1. The monoisotopic (exact) mass is 219 g/mol. The van der Waals surface area contributed by atoms with Crippen molar-refractivity contribution in [3.63, 3.8) is 0 Å². The molecule has 0 aromatic heterocycles. The second-order valence-corrected chi connectivity index (χ2v) is 4.65. The van der Waals surface area contributed by atoms with Crippen LogP contribution in [0.15, 0.2) is 24.3 Å². The lowest BCUT2D eigenvalue weighted by Crippen LogP contribution is -2.49. The average molecular weight is 219 g/mol. The lowest BCUT2D eigenvalue weighted by Gasteiger charge is -2.32. The van der Waals surface area contributed by atoms with Crippen LogP contribution in [0.1, 0.15) is 20.8 Å². The van der Waals surface area contributed by atoms with Crippen LogP contribution in [0.2, 0.25) is 0 Å². The summed E-state index contributed by atoms with van der Waals surface area (Å²) < 4.78 is 5.54. The zero-order valence-electron chi connectivity index (χ0n) is 10.0. The minimum Gasteiger partial charge on any atom is -0.423 e. The van der Waals surface area contributed by atoms with Gasteiger partial charge in [-0.2, -0.15) is 0 Å². The number of aliphatic hydroxyl groups is 1. The molecule has 0 bridgehead atoms. The molecule has 1 aromatic rings. The third-order valence-corrected chi connectivity index (χ3v) is 2.77. The van der Waals surface area contributed by atoms with E-state index in [4.69, 9.17) is 10.4 Å². The van der Waals surface area contributed by atoms with Gasteiger partial charge in [-0.25, -0.2) is 0 Å². The third kappa shape index (κ3) is 2.93. The van der Waals surface area contributed by atoms with Gasteiger partial charge in [0.1, 0.15) is 5.60 Å². The predicted octanol–water partition coefficient (Wildman–Crippen LogP) is 0.894. The van der Waals surface area contributed by atoms with Crippen molar-refractivity contribution in [2.75, 3.05) is 5.73 Å². The second-order valence-electron chi connectivity index (χ2n) is 4.65.